The lowest BCUT2D eigenvalue weighted by molar-refractivity contribution is 1.46. The van der Waals surface area contributed by atoms with Crippen molar-refractivity contribution in [2.45, 2.75) is 0 Å². The zero-order valence-corrected chi connectivity index (χ0v) is 8.65. The molecule has 0 amide bonds. The average Bonchev–Trinajstić information content (AvgIpc) is 2.30. The van der Waals surface area contributed by atoms with Gasteiger partial charge in [-0.3, -0.25) is 0 Å². The van der Waals surface area contributed by atoms with Crippen molar-refractivity contribution in [3.63, 3.8) is 0 Å². The van der Waals surface area contributed by atoms with E-state index in [1.165, 1.54) is 0 Å². The summed E-state index contributed by atoms with van der Waals surface area (Å²) in [6, 6.07) is 14.8. The van der Waals surface area contributed by atoms with E-state index >= 15 is 0 Å². The zero-order chi connectivity index (χ0) is 10.7. The van der Waals surface area contributed by atoms with E-state index in [4.69, 9.17) is 17.0 Å². The van der Waals surface area contributed by atoms with Gasteiger partial charge in [0.1, 0.15) is 0 Å². The topological polar surface area (TPSA) is 28.1 Å². The molecule has 0 bridgehead atoms. The normalized spacial score (nSPS) is 9.60. The molecule has 0 aliphatic carbocycles. The van der Waals surface area contributed by atoms with Crippen molar-refractivity contribution in [2.75, 3.05) is 0 Å². The molecule has 0 radical (unpaired) electrons. The Morgan fingerprint density at radius 2 is 1.60 bits per heavy atom. The third-order valence-electron chi connectivity index (χ3n) is 2.17. The van der Waals surface area contributed by atoms with Crippen LogP contribution in [0.3, 0.4) is 0 Å². The van der Waals surface area contributed by atoms with Gasteiger partial charge < -0.3 is 0 Å². The van der Waals surface area contributed by atoms with Crippen LogP contribution in [0.25, 0.3) is 16.1 Å². The molecule has 2 aromatic rings. The number of halogens is 1. The van der Waals surface area contributed by atoms with Gasteiger partial charge in [-0.1, -0.05) is 35.9 Å². The fourth-order valence-electron chi connectivity index (χ4n) is 1.43. The van der Waals surface area contributed by atoms with E-state index < -0.39 is 0 Å². The van der Waals surface area contributed by atoms with Crippen molar-refractivity contribution in [3.8, 4) is 11.1 Å². The van der Waals surface area contributed by atoms with E-state index in [1.54, 1.807) is 6.07 Å². The summed E-state index contributed by atoms with van der Waals surface area (Å²) in [5, 5.41) is 9.53. The molecule has 15 heavy (non-hydrogen) atoms. The number of diazo groups is 1. The summed E-state index contributed by atoms with van der Waals surface area (Å²) in [5.41, 5.74) is 2.42. The summed E-state index contributed by atoms with van der Waals surface area (Å²) < 4.78 is 0. The molecule has 2 nitrogen and oxygen atoms in total. The number of hydrogen-bond acceptors (Lipinski definition) is 1. The first-order chi connectivity index (χ1) is 7.31. The van der Waals surface area contributed by atoms with Gasteiger partial charge in [-0.05, 0) is 23.8 Å². The minimum atomic E-state index is 0.555. The number of benzene rings is 2. The Labute approximate surface area is 92.8 Å². The number of rotatable bonds is 1. The summed E-state index contributed by atoms with van der Waals surface area (Å²) >= 11 is 5.80. The number of nitrogens with zero attached hydrogens (tertiary/aromatic N) is 2. The molecular formula is C12H8ClN2+. The molecule has 0 spiro atoms. The van der Waals surface area contributed by atoms with E-state index in [2.05, 4.69) is 4.98 Å². The lowest BCUT2D eigenvalue weighted by Crippen LogP contribution is -1.76. The summed E-state index contributed by atoms with van der Waals surface area (Å²) in [6.45, 7) is 0. The molecule has 0 N–H and O–H groups in total. The van der Waals surface area contributed by atoms with Crippen LogP contribution < -0.4 is 0 Å². The van der Waals surface area contributed by atoms with Gasteiger partial charge in [0.15, 0.2) is 4.98 Å². The highest BCUT2D eigenvalue weighted by Crippen LogP contribution is 2.30. The van der Waals surface area contributed by atoms with Crippen molar-refractivity contribution in [2.24, 2.45) is 0 Å². The first-order valence-corrected chi connectivity index (χ1v) is 4.89. The van der Waals surface area contributed by atoms with Crippen LogP contribution in [0, 0.1) is 5.39 Å². The molecule has 0 unspecified atom stereocenters. The predicted molar refractivity (Wildman–Crippen MR) is 61.6 cm³/mol. The van der Waals surface area contributed by atoms with Crippen LogP contribution in [-0.2, 0) is 0 Å². The fraction of sp³-hybridized carbons (Fsp3) is 0. The highest BCUT2D eigenvalue weighted by atomic mass is 35.5. The second kappa shape index (κ2) is 4.12. The molecule has 0 saturated carbocycles. The van der Waals surface area contributed by atoms with Gasteiger partial charge in [0.05, 0.1) is 5.56 Å². The van der Waals surface area contributed by atoms with Crippen molar-refractivity contribution in [1.29, 1.82) is 5.39 Å². The SMILES string of the molecule is N#[N+]c1ccccc1-c1ccc(Cl)cc1. The quantitative estimate of drug-likeness (QED) is 0.644. The van der Waals surface area contributed by atoms with Gasteiger partial charge in [0.2, 0.25) is 5.39 Å². The largest absolute Gasteiger partial charge is 0.392 e. The van der Waals surface area contributed by atoms with Crippen LogP contribution in [0.5, 0.6) is 0 Å². The first-order valence-electron chi connectivity index (χ1n) is 4.51. The Bertz CT molecular complexity index is 512. The zero-order valence-electron chi connectivity index (χ0n) is 7.89. The average molecular weight is 216 g/mol. The van der Waals surface area contributed by atoms with Crippen molar-refractivity contribution in [1.82, 2.24) is 0 Å². The third-order valence-corrected chi connectivity index (χ3v) is 2.42. The molecule has 0 fully saturated rings. The van der Waals surface area contributed by atoms with E-state index in [0.29, 0.717) is 10.7 Å². The third kappa shape index (κ3) is 1.98. The minimum absolute atomic E-state index is 0.555. The van der Waals surface area contributed by atoms with Crippen molar-refractivity contribution < 1.29 is 0 Å². The maximum absolute atomic E-state index is 8.83. The fourth-order valence-corrected chi connectivity index (χ4v) is 1.56. The van der Waals surface area contributed by atoms with Gasteiger partial charge >= 0.3 is 5.69 Å². The van der Waals surface area contributed by atoms with Crippen molar-refractivity contribution in [3.05, 3.63) is 58.5 Å². The molecule has 72 valence electrons. The van der Waals surface area contributed by atoms with Crippen LogP contribution in [0.4, 0.5) is 5.69 Å². The molecule has 2 aromatic carbocycles. The number of hydrogen-bond donors (Lipinski definition) is 0. The Balaban J connectivity index is 2.55. The van der Waals surface area contributed by atoms with E-state index in [9.17, 15) is 0 Å². The molecule has 3 heteroatoms. The minimum Gasteiger partial charge on any atom is -0.0843 e. The Morgan fingerprint density at radius 3 is 2.27 bits per heavy atom. The Morgan fingerprint density at radius 1 is 0.933 bits per heavy atom. The van der Waals surface area contributed by atoms with Crippen LogP contribution in [0.1, 0.15) is 0 Å². The van der Waals surface area contributed by atoms with Crippen LogP contribution in [0.15, 0.2) is 48.5 Å². The predicted octanol–water partition coefficient (Wildman–Crippen LogP) is 4.49. The maximum atomic E-state index is 8.83. The molecular weight excluding hydrogens is 208 g/mol. The van der Waals surface area contributed by atoms with Crippen LogP contribution in [0.2, 0.25) is 5.02 Å². The smallest absolute Gasteiger partial charge is 0.0843 e. The lowest BCUT2D eigenvalue weighted by atomic mass is 10.0. The molecule has 0 aromatic heterocycles. The summed E-state index contributed by atoms with van der Waals surface area (Å²) in [6.07, 6.45) is 0. The first kappa shape index (κ1) is 9.70. The molecule has 0 saturated heterocycles. The summed E-state index contributed by atoms with van der Waals surface area (Å²) in [7, 11) is 0. The van der Waals surface area contributed by atoms with Gasteiger partial charge in [-0.25, -0.2) is 0 Å². The monoisotopic (exact) mass is 215 g/mol. The van der Waals surface area contributed by atoms with Gasteiger partial charge in [-0.15, -0.1) is 0 Å². The molecule has 0 heterocycles. The Hall–Kier alpha value is -1.85. The lowest BCUT2D eigenvalue weighted by Gasteiger charge is -1.97. The standard InChI is InChI=1S/C12H8ClN2/c13-10-7-5-9(6-8-10)11-3-1-2-4-12(11)15-14/h1-8H/q+1. The Kier molecular flexibility index (Phi) is 2.66. The van der Waals surface area contributed by atoms with Crippen molar-refractivity contribution >= 4 is 17.3 Å². The highest BCUT2D eigenvalue weighted by Gasteiger charge is 2.13. The highest BCUT2D eigenvalue weighted by molar-refractivity contribution is 6.30. The van der Waals surface area contributed by atoms with Crippen LogP contribution in [-0.4, -0.2) is 0 Å². The molecule has 0 aliphatic rings. The van der Waals surface area contributed by atoms with Gasteiger partial charge in [-0.2, -0.15) is 0 Å². The van der Waals surface area contributed by atoms with Gasteiger partial charge in [0, 0.05) is 11.1 Å². The maximum Gasteiger partial charge on any atom is 0.392 e. The molecule has 0 atom stereocenters. The van der Waals surface area contributed by atoms with Crippen LogP contribution >= 0.6 is 11.6 Å². The van der Waals surface area contributed by atoms with E-state index in [1.807, 2.05) is 42.5 Å². The van der Waals surface area contributed by atoms with Gasteiger partial charge in [0.25, 0.3) is 0 Å². The van der Waals surface area contributed by atoms with E-state index in [-0.39, 0.29) is 0 Å². The second-order valence-corrected chi connectivity index (χ2v) is 3.56. The molecule has 2 rings (SSSR count). The summed E-state index contributed by atoms with van der Waals surface area (Å²) in [4.78, 5) is 3.24. The molecule has 0 aliphatic heterocycles. The summed E-state index contributed by atoms with van der Waals surface area (Å²) in [5.74, 6) is 0. The van der Waals surface area contributed by atoms with E-state index in [0.717, 1.165) is 11.1 Å². The second-order valence-electron chi connectivity index (χ2n) is 3.12.